The van der Waals surface area contributed by atoms with Crippen molar-refractivity contribution in [3.63, 3.8) is 0 Å². The Morgan fingerprint density at radius 1 is 0.775 bits per heavy atom. The van der Waals surface area contributed by atoms with Crippen LogP contribution in [-0.4, -0.2) is 241 Å². The second-order valence-corrected chi connectivity index (χ2v) is 22.9. The Hall–Kier alpha value is -7.79. The molecule has 5 rings (SSSR count). The molecule has 0 radical (unpaired) electrons. The fourth-order valence-electron chi connectivity index (χ4n) is 9.19. The first-order chi connectivity index (χ1) is 41.9. The zero-order chi connectivity index (χ0) is 66.2. The number of sulfonamides is 1. The van der Waals surface area contributed by atoms with E-state index in [9.17, 15) is 70.5 Å². The number of alkyl halides is 3. The maximum atomic E-state index is 13.7. The van der Waals surface area contributed by atoms with Crippen LogP contribution < -0.4 is 46.8 Å². The highest BCUT2D eigenvalue weighted by Crippen LogP contribution is 2.26. The molecule has 12 N–H and O–H groups in total. The van der Waals surface area contributed by atoms with Crippen LogP contribution in [0.3, 0.4) is 0 Å². The fourth-order valence-corrected chi connectivity index (χ4v) is 10.8. The average Bonchev–Trinajstić information content (AvgIpc) is 1.31. The first-order valence-electron chi connectivity index (χ1n) is 28.7. The molecule has 0 bridgehead atoms. The number of nitrogens with one attached hydrogen (secondary N) is 8. The highest BCUT2D eigenvalue weighted by molar-refractivity contribution is 7.89. The van der Waals surface area contributed by atoms with E-state index in [0.29, 0.717) is 56.5 Å². The van der Waals surface area contributed by atoms with Crippen LogP contribution in [0.2, 0.25) is 0 Å². The standard InChI is InChI=1S/C54H82N14O13S.C2HF3O2/c1-8-41(62-52(76)42(9-2)61-46(70)33-67-22-20-64(5)18-19-65(6)21-23-68(25-24-67)34-47(71)72)51(75)56-15-14-55-45(69)11-10-26-81-38-27-35(3)49(36(4)28-38)82(79,80)63-43(53(77)78)31-59-50(74)40-32-66(7)44-29-37(12-13-39(44)48(40)73)30-60-54-57-16-17-58-54;3-2(4,5)1(6)7/h12-13,16-17,27-29,32,41-43,47,63,71-72H,8-11,14-15,18-26,30-31,33-34H2,1-7H3,(H,55,69)(H,56,75)(H,59,74)(H,61,70)(H,62,76)(H,77,78)(H2,57,58,60);(H,6,7). The van der Waals surface area contributed by atoms with Crippen molar-refractivity contribution < 1.29 is 80.3 Å². The molecule has 1 saturated heterocycles. The maximum Gasteiger partial charge on any atom is 0.490 e. The molecule has 1 aliphatic heterocycles. The van der Waals surface area contributed by atoms with Crippen LogP contribution in [0.5, 0.6) is 5.75 Å². The summed E-state index contributed by atoms with van der Waals surface area (Å²) in [6.45, 7) is 11.9. The molecular formula is C56H83F3N14O15S. The monoisotopic (exact) mass is 1280 g/mol. The number of aromatic nitrogens is 3. The molecule has 29 nitrogen and oxygen atoms in total. The predicted molar refractivity (Wildman–Crippen MR) is 320 cm³/mol. The topological polar surface area (TPSA) is 392 Å². The lowest BCUT2D eigenvalue weighted by Crippen LogP contribution is -2.55. The maximum absolute atomic E-state index is 13.7. The number of imidazole rings is 1. The number of ether oxygens (including phenoxy) is 1. The van der Waals surface area contributed by atoms with Crippen LogP contribution in [0.4, 0.5) is 19.1 Å². The molecule has 494 valence electrons. The Labute approximate surface area is 513 Å². The van der Waals surface area contributed by atoms with E-state index in [1.165, 1.54) is 32.2 Å². The number of hydrogen-bond acceptors (Lipinski definition) is 19. The van der Waals surface area contributed by atoms with Crippen LogP contribution in [-0.2, 0) is 52.4 Å². The molecule has 0 aliphatic carbocycles. The molecule has 0 saturated carbocycles. The third kappa shape index (κ3) is 24.6. The van der Waals surface area contributed by atoms with E-state index in [1.807, 2.05) is 23.9 Å². The van der Waals surface area contributed by atoms with Crippen molar-refractivity contribution in [3.8, 4) is 5.75 Å². The van der Waals surface area contributed by atoms with E-state index < -0.39 is 82.2 Å². The molecule has 1 fully saturated rings. The number of carboxylic acid groups (broad SMARTS) is 2. The van der Waals surface area contributed by atoms with Gasteiger partial charge in [-0.2, -0.15) is 17.9 Å². The molecule has 0 spiro atoms. The number of carboxylic acids is 2. The summed E-state index contributed by atoms with van der Waals surface area (Å²) >= 11 is 0. The minimum atomic E-state index is -5.08. The lowest BCUT2D eigenvalue weighted by molar-refractivity contribution is -0.192. The van der Waals surface area contributed by atoms with Crippen molar-refractivity contribution in [2.45, 2.75) is 95.4 Å². The number of aryl methyl sites for hydroxylation is 3. The van der Waals surface area contributed by atoms with Crippen LogP contribution in [0.25, 0.3) is 10.9 Å². The third-order valence-corrected chi connectivity index (χ3v) is 15.9. The number of nitrogens with zero attached hydrogens (tertiary/aromatic N) is 6. The second-order valence-electron chi connectivity index (χ2n) is 21.3. The number of aromatic amines is 1. The van der Waals surface area contributed by atoms with Gasteiger partial charge >= 0.3 is 18.1 Å². The van der Waals surface area contributed by atoms with Crippen molar-refractivity contribution in [3.05, 3.63) is 81.4 Å². The third-order valence-electron chi connectivity index (χ3n) is 14.1. The van der Waals surface area contributed by atoms with Gasteiger partial charge < -0.3 is 76.4 Å². The summed E-state index contributed by atoms with van der Waals surface area (Å²) in [5.41, 5.74) is 1.00. The predicted octanol–water partition coefficient (Wildman–Crippen LogP) is -0.742. The molecule has 2 aromatic heterocycles. The van der Waals surface area contributed by atoms with E-state index in [2.05, 4.69) is 56.4 Å². The smallest absolute Gasteiger partial charge is 0.490 e. The van der Waals surface area contributed by atoms with Crippen molar-refractivity contribution in [1.29, 1.82) is 0 Å². The van der Waals surface area contributed by atoms with Gasteiger partial charge in [-0.15, -0.1) is 0 Å². The molecule has 4 aromatic rings. The number of likely N-dealkylation sites (N-methyl/N-ethyl adjacent to an activating group) is 2. The normalized spacial score (nSPS) is 15.2. The average molecular weight is 1280 g/mol. The molecule has 33 heteroatoms. The van der Waals surface area contributed by atoms with Gasteiger partial charge in [0.1, 0.15) is 29.4 Å². The number of aliphatic hydroxyl groups excluding tert-OH is 1. The van der Waals surface area contributed by atoms with E-state index >= 15 is 0 Å². The molecular weight excluding hydrogens is 1200 g/mol. The quantitative estimate of drug-likeness (QED) is 0.0246. The number of fused-ring (bicyclic) bond motifs is 1. The lowest BCUT2D eigenvalue weighted by atomic mass is 10.1. The van der Waals surface area contributed by atoms with E-state index in [1.54, 1.807) is 56.1 Å². The van der Waals surface area contributed by atoms with Gasteiger partial charge in [0.15, 0.2) is 12.2 Å². The molecule has 3 unspecified atom stereocenters. The number of aliphatic carboxylic acids is 2. The molecule has 89 heavy (non-hydrogen) atoms. The number of carbonyl (C=O) groups is 7. The van der Waals surface area contributed by atoms with Crippen molar-refractivity contribution in [1.82, 2.24) is 65.4 Å². The summed E-state index contributed by atoms with van der Waals surface area (Å²) in [5.74, 6) is -5.99. The van der Waals surface area contributed by atoms with Crippen LogP contribution in [0, 0.1) is 13.8 Å². The highest BCUT2D eigenvalue weighted by atomic mass is 32.2. The number of carbonyl (C=O) groups excluding carboxylic acids is 5. The first-order valence-corrected chi connectivity index (χ1v) is 30.2. The summed E-state index contributed by atoms with van der Waals surface area (Å²) in [6.07, 6.45) is -1.08. The summed E-state index contributed by atoms with van der Waals surface area (Å²) in [6, 6.07) is 4.42. The van der Waals surface area contributed by atoms with E-state index in [0.717, 1.165) is 25.2 Å². The minimum absolute atomic E-state index is 0.0214. The Morgan fingerprint density at radius 2 is 1.36 bits per heavy atom. The van der Waals surface area contributed by atoms with Gasteiger partial charge in [-0.3, -0.25) is 43.4 Å². The van der Waals surface area contributed by atoms with Gasteiger partial charge in [0.05, 0.1) is 23.6 Å². The number of halogens is 3. The van der Waals surface area contributed by atoms with Crippen LogP contribution in [0.15, 0.2) is 58.6 Å². The Balaban J connectivity index is 0.00000227. The Kier molecular flexibility index (Phi) is 29.3. The van der Waals surface area contributed by atoms with Crippen LogP contribution >= 0.6 is 0 Å². The molecule has 3 heterocycles. The summed E-state index contributed by atoms with van der Waals surface area (Å²) in [4.78, 5) is 116. The Bertz CT molecular complexity index is 3190. The molecule has 1 aliphatic rings. The molecule has 3 atom stereocenters. The number of anilines is 1. The lowest BCUT2D eigenvalue weighted by Gasteiger charge is -2.32. The number of hydrogen-bond donors (Lipinski definition) is 12. The van der Waals surface area contributed by atoms with Crippen molar-refractivity contribution in [2.75, 3.05) is 111 Å². The number of pyridine rings is 1. The van der Waals surface area contributed by atoms with Crippen molar-refractivity contribution >= 4 is 68.3 Å². The number of H-pyrrole nitrogens is 1. The minimum Gasteiger partial charge on any atom is -0.494 e. The fraction of sp³-hybridized carbons (Fsp3) is 0.554. The second kappa shape index (κ2) is 35.4. The van der Waals surface area contributed by atoms with E-state index in [-0.39, 0.29) is 97.3 Å². The van der Waals surface area contributed by atoms with Gasteiger partial charge in [-0.05, 0) is 88.2 Å². The van der Waals surface area contributed by atoms with Crippen molar-refractivity contribution in [2.24, 2.45) is 7.05 Å². The largest absolute Gasteiger partial charge is 0.494 e. The first kappa shape index (κ1) is 73.7. The van der Waals surface area contributed by atoms with Gasteiger partial charge in [0.25, 0.3) is 5.91 Å². The summed E-state index contributed by atoms with van der Waals surface area (Å²) in [7, 11) is 1.21. The highest BCUT2D eigenvalue weighted by Gasteiger charge is 2.38. The van der Waals surface area contributed by atoms with Crippen LogP contribution in [0.1, 0.15) is 66.6 Å². The number of rotatable bonds is 28. The molecule has 2 aromatic carbocycles. The van der Waals surface area contributed by atoms with Gasteiger partial charge in [-0.1, -0.05) is 19.9 Å². The summed E-state index contributed by atoms with van der Waals surface area (Å²) in [5, 5.41) is 53.2. The number of aliphatic hydroxyl groups is 2. The summed E-state index contributed by atoms with van der Waals surface area (Å²) < 4.78 is 68.7. The SMILES string of the molecule is CCC(NC(=O)CN1CCN(C)CCN(C)CCN(CC(O)O)CC1)C(=O)NC(CC)C(=O)NCCNC(=O)CCCOc1cc(C)c(S(=O)(=O)NC(CNC(=O)c2cn(C)c3cc(CNc4ncc[nH]4)ccc3c2=O)C(=O)O)c(C)c1.O=C(O)C(F)(F)F. The Morgan fingerprint density at radius 3 is 1.94 bits per heavy atom. The zero-order valence-corrected chi connectivity index (χ0v) is 51.7. The van der Waals surface area contributed by atoms with Gasteiger partial charge in [0.2, 0.25) is 39.1 Å². The van der Waals surface area contributed by atoms with E-state index in [4.69, 9.17) is 14.6 Å². The zero-order valence-electron chi connectivity index (χ0n) is 50.9. The molecule has 5 amide bonds. The number of amides is 5. The van der Waals surface area contributed by atoms with Gasteiger partial charge in [0, 0.05) is 123 Å². The van der Waals surface area contributed by atoms with Gasteiger partial charge in [-0.25, -0.2) is 18.2 Å². The number of β-amino-alcohol motifs (C(OH)–C–C–N with tert-alkyl or cyclic N) is 2. The number of benzene rings is 2.